The Hall–Kier alpha value is -3.94. The lowest BCUT2D eigenvalue weighted by Crippen LogP contribution is -2.48. The van der Waals surface area contributed by atoms with Crippen molar-refractivity contribution >= 4 is 10.9 Å². The molecule has 1 atom stereocenters. The summed E-state index contributed by atoms with van der Waals surface area (Å²) in [6.45, 7) is 5.64. The summed E-state index contributed by atoms with van der Waals surface area (Å²) in [5, 5.41) is 14.2. The summed E-state index contributed by atoms with van der Waals surface area (Å²) in [7, 11) is 0. The Labute approximate surface area is 217 Å². The number of hydrogen-bond acceptors (Lipinski definition) is 6. The summed E-state index contributed by atoms with van der Waals surface area (Å²) in [6.07, 6.45) is 2.73. The van der Waals surface area contributed by atoms with Crippen LogP contribution < -0.4 is 0 Å². The maximum atomic E-state index is 4.58. The fourth-order valence-corrected chi connectivity index (χ4v) is 5.25. The second-order valence-electron chi connectivity index (χ2n) is 9.65. The first kappa shape index (κ1) is 23.5. The summed E-state index contributed by atoms with van der Waals surface area (Å²) >= 11 is 0. The van der Waals surface area contributed by atoms with Gasteiger partial charge in [0.25, 0.3) is 0 Å². The maximum absolute atomic E-state index is 4.58. The van der Waals surface area contributed by atoms with Gasteiger partial charge >= 0.3 is 0 Å². The predicted octanol–water partition coefficient (Wildman–Crippen LogP) is 4.37. The highest BCUT2D eigenvalue weighted by atomic mass is 15.6. The Balaban J connectivity index is 1.27. The average molecular weight is 490 g/mol. The third-order valence-electron chi connectivity index (χ3n) is 7.22. The molecule has 3 heterocycles. The second kappa shape index (κ2) is 11.0. The Morgan fingerprint density at radius 2 is 1.51 bits per heavy atom. The van der Waals surface area contributed by atoms with Crippen molar-refractivity contribution in [2.75, 3.05) is 26.2 Å². The van der Waals surface area contributed by atoms with E-state index in [1.807, 2.05) is 23.0 Å². The molecular formula is C30H31N7. The number of benzene rings is 3. The van der Waals surface area contributed by atoms with Crippen molar-refractivity contribution < 1.29 is 0 Å². The molecule has 0 amide bonds. The van der Waals surface area contributed by atoms with Crippen LogP contribution in [0.5, 0.6) is 0 Å². The van der Waals surface area contributed by atoms with E-state index in [9.17, 15) is 0 Å². The highest BCUT2D eigenvalue weighted by Crippen LogP contribution is 2.30. The van der Waals surface area contributed by atoms with E-state index in [0.717, 1.165) is 62.4 Å². The van der Waals surface area contributed by atoms with Gasteiger partial charge in [0.1, 0.15) is 0 Å². The number of rotatable bonds is 8. The fourth-order valence-electron chi connectivity index (χ4n) is 5.25. The molecule has 0 N–H and O–H groups in total. The molecule has 37 heavy (non-hydrogen) atoms. The van der Waals surface area contributed by atoms with Crippen molar-refractivity contribution in [2.45, 2.75) is 25.6 Å². The van der Waals surface area contributed by atoms with E-state index in [-0.39, 0.29) is 6.04 Å². The van der Waals surface area contributed by atoms with Crippen LogP contribution in [0.3, 0.4) is 0 Å². The standard InChI is InChI=1S/C30H31N7/c1-3-8-24(9-4-1)15-17-37-30(32-33-34-37)29(27-13-14-28-26(22-27)12-7-16-31-28)36-20-18-35(19-21-36)23-25-10-5-2-6-11-25/h1-14,16,22,29H,15,17-21,23H2/t29-/m1/s1. The van der Waals surface area contributed by atoms with Gasteiger partial charge in [-0.05, 0) is 51.7 Å². The number of tetrazole rings is 1. The van der Waals surface area contributed by atoms with E-state index in [0.29, 0.717) is 0 Å². The second-order valence-corrected chi connectivity index (χ2v) is 9.65. The van der Waals surface area contributed by atoms with Crippen molar-refractivity contribution in [2.24, 2.45) is 0 Å². The fraction of sp³-hybridized carbons (Fsp3) is 0.267. The number of hydrogen-bond donors (Lipinski definition) is 0. The number of fused-ring (bicyclic) bond motifs is 1. The number of aromatic nitrogens is 5. The minimum absolute atomic E-state index is 0.0192. The highest BCUT2D eigenvalue weighted by Gasteiger charge is 2.30. The third kappa shape index (κ3) is 5.43. The molecule has 0 aliphatic carbocycles. The van der Waals surface area contributed by atoms with Gasteiger partial charge in [-0.25, -0.2) is 4.68 Å². The molecule has 5 aromatic rings. The van der Waals surface area contributed by atoms with Crippen LogP contribution in [0.2, 0.25) is 0 Å². The zero-order valence-electron chi connectivity index (χ0n) is 20.9. The molecular weight excluding hydrogens is 458 g/mol. The number of piperazine rings is 1. The van der Waals surface area contributed by atoms with Gasteiger partial charge in [-0.15, -0.1) is 5.10 Å². The maximum Gasteiger partial charge on any atom is 0.173 e. The van der Waals surface area contributed by atoms with Crippen LogP contribution in [0.4, 0.5) is 0 Å². The van der Waals surface area contributed by atoms with Crippen LogP contribution in [-0.4, -0.2) is 61.2 Å². The van der Waals surface area contributed by atoms with Crippen molar-refractivity contribution in [1.29, 1.82) is 0 Å². The molecule has 0 bridgehead atoms. The molecule has 1 aliphatic rings. The lowest BCUT2D eigenvalue weighted by Gasteiger charge is -2.39. The first-order valence-electron chi connectivity index (χ1n) is 13.0. The largest absolute Gasteiger partial charge is 0.297 e. The topological polar surface area (TPSA) is 63.0 Å². The Morgan fingerprint density at radius 1 is 0.757 bits per heavy atom. The molecule has 1 saturated heterocycles. The van der Waals surface area contributed by atoms with Gasteiger partial charge < -0.3 is 0 Å². The number of nitrogens with zero attached hydrogens (tertiary/aromatic N) is 7. The van der Waals surface area contributed by atoms with Gasteiger partial charge in [0, 0.05) is 50.9 Å². The third-order valence-corrected chi connectivity index (χ3v) is 7.22. The highest BCUT2D eigenvalue weighted by molar-refractivity contribution is 5.79. The van der Waals surface area contributed by atoms with Gasteiger partial charge in [0.2, 0.25) is 0 Å². The summed E-state index contributed by atoms with van der Waals surface area (Å²) in [4.78, 5) is 9.59. The molecule has 7 nitrogen and oxygen atoms in total. The van der Waals surface area contributed by atoms with Crippen LogP contribution >= 0.6 is 0 Å². The van der Waals surface area contributed by atoms with Gasteiger partial charge in [-0.1, -0.05) is 72.8 Å². The summed E-state index contributed by atoms with van der Waals surface area (Å²) in [5.41, 5.74) is 4.85. The average Bonchev–Trinajstić information content (AvgIpc) is 3.42. The molecule has 186 valence electrons. The molecule has 0 saturated carbocycles. The molecule has 1 fully saturated rings. The Bertz CT molecular complexity index is 1430. The molecule has 1 aliphatic heterocycles. The minimum Gasteiger partial charge on any atom is -0.297 e. The van der Waals surface area contributed by atoms with Gasteiger partial charge in [-0.3, -0.25) is 14.8 Å². The first-order chi connectivity index (χ1) is 18.3. The van der Waals surface area contributed by atoms with Crippen molar-refractivity contribution in [3.05, 3.63) is 120 Å². The number of aryl methyl sites for hydroxylation is 2. The minimum atomic E-state index is -0.0192. The smallest absolute Gasteiger partial charge is 0.173 e. The van der Waals surface area contributed by atoms with Crippen LogP contribution in [-0.2, 0) is 19.5 Å². The SMILES string of the molecule is c1ccc(CCn2nnnc2[C@@H](c2ccc3ncccc3c2)N2CCN(Cc3ccccc3)CC2)cc1. The van der Waals surface area contributed by atoms with Crippen molar-refractivity contribution in [3.63, 3.8) is 0 Å². The zero-order valence-corrected chi connectivity index (χ0v) is 20.9. The molecule has 6 rings (SSSR count). The lowest BCUT2D eigenvalue weighted by molar-refractivity contribution is 0.100. The van der Waals surface area contributed by atoms with E-state index >= 15 is 0 Å². The Kier molecular flexibility index (Phi) is 6.97. The van der Waals surface area contributed by atoms with Crippen LogP contribution in [0.25, 0.3) is 10.9 Å². The molecule has 3 aromatic carbocycles. The van der Waals surface area contributed by atoms with Crippen molar-refractivity contribution in [3.8, 4) is 0 Å². The summed E-state index contributed by atoms with van der Waals surface area (Å²) in [5.74, 6) is 0.899. The molecule has 0 radical (unpaired) electrons. The molecule has 0 unspecified atom stereocenters. The van der Waals surface area contributed by atoms with Gasteiger partial charge in [0.15, 0.2) is 5.82 Å². The number of pyridine rings is 1. The van der Waals surface area contributed by atoms with E-state index in [1.165, 1.54) is 16.7 Å². The van der Waals surface area contributed by atoms with Crippen molar-refractivity contribution in [1.82, 2.24) is 35.0 Å². The quantitative estimate of drug-likeness (QED) is 0.323. The lowest BCUT2D eigenvalue weighted by atomic mass is 10.0. The van der Waals surface area contributed by atoms with E-state index in [2.05, 4.69) is 109 Å². The zero-order chi connectivity index (χ0) is 24.9. The molecule has 7 heteroatoms. The monoisotopic (exact) mass is 489 g/mol. The first-order valence-corrected chi connectivity index (χ1v) is 13.0. The summed E-state index contributed by atoms with van der Waals surface area (Å²) in [6, 6.07) is 31.9. The summed E-state index contributed by atoms with van der Waals surface area (Å²) < 4.78 is 1.99. The molecule has 2 aromatic heterocycles. The predicted molar refractivity (Wildman–Crippen MR) is 145 cm³/mol. The van der Waals surface area contributed by atoms with Crippen LogP contribution in [0.1, 0.15) is 28.6 Å². The normalized spacial score (nSPS) is 15.7. The van der Waals surface area contributed by atoms with Gasteiger partial charge in [0.05, 0.1) is 11.6 Å². The molecule has 0 spiro atoms. The van der Waals surface area contributed by atoms with E-state index in [1.54, 1.807) is 0 Å². The van der Waals surface area contributed by atoms with Crippen LogP contribution in [0.15, 0.2) is 97.2 Å². The van der Waals surface area contributed by atoms with E-state index < -0.39 is 0 Å². The van der Waals surface area contributed by atoms with Crippen LogP contribution in [0, 0.1) is 0 Å². The Morgan fingerprint density at radius 3 is 2.30 bits per heavy atom. The van der Waals surface area contributed by atoms with Gasteiger partial charge in [-0.2, -0.15) is 0 Å². The van der Waals surface area contributed by atoms with E-state index in [4.69, 9.17) is 0 Å².